The molecule has 2 aromatic rings. The average molecular weight is 590 g/mol. The molecule has 17 heteroatoms. The van der Waals surface area contributed by atoms with E-state index in [0.29, 0.717) is 6.07 Å². The second kappa shape index (κ2) is 9.48. The van der Waals surface area contributed by atoms with Crippen LogP contribution < -0.4 is 10.1 Å². The van der Waals surface area contributed by atoms with Gasteiger partial charge in [-0.3, -0.25) is 14.9 Å². The zero-order valence-electron chi connectivity index (χ0n) is 15.7. The topological polar surface area (TPSA) is 81.5 Å². The number of rotatable bonds is 7. The van der Waals surface area contributed by atoms with E-state index < -0.39 is 73.2 Å². The molecule has 34 heavy (non-hydrogen) atoms. The third kappa shape index (κ3) is 5.16. The average Bonchev–Trinajstić information content (AvgIpc) is 2.67. The number of nitro groups is 1. The lowest BCUT2D eigenvalue weighted by molar-refractivity contribution is -0.387. The van der Waals surface area contributed by atoms with Crippen molar-refractivity contribution < 1.29 is 54.0 Å². The van der Waals surface area contributed by atoms with E-state index in [1.165, 1.54) is 0 Å². The molecule has 0 fully saturated rings. The van der Waals surface area contributed by atoms with Crippen molar-refractivity contribution in [2.45, 2.75) is 23.8 Å². The predicted molar refractivity (Wildman–Crippen MR) is 101 cm³/mol. The van der Waals surface area contributed by atoms with Crippen molar-refractivity contribution in [1.29, 1.82) is 0 Å². The number of benzene rings is 2. The van der Waals surface area contributed by atoms with Crippen LogP contribution in [0.5, 0.6) is 5.75 Å². The van der Waals surface area contributed by atoms with Crippen LogP contribution in [0, 0.1) is 15.9 Å². The highest BCUT2D eigenvalue weighted by Gasteiger charge is 2.72. The minimum Gasteiger partial charge on any atom is -0.433 e. The first kappa shape index (κ1) is 27.5. The van der Waals surface area contributed by atoms with E-state index in [1.807, 2.05) is 0 Å². The molecule has 0 aliphatic heterocycles. The normalized spacial score (nSPS) is 14.0. The second-order valence-electron chi connectivity index (χ2n) is 6.21. The first-order valence-electron chi connectivity index (χ1n) is 8.27. The number of amides is 1. The van der Waals surface area contributed by atoms with Crippen molar-refractivity contribution >= 4 is 44.8 Å². The summed E-state index contributed by atoms with van der Waals surface area (Å²) in [4.78, 5) is 22.0. The van der Waals surface area contributed by atoms with Gasteiger partial charge in [0.15, 0.2) is 5.75 Å². The van der Waals surface area contributed by atoms with Crippen molar-refractivity contribution in [1.82, 2.24) is 0 Å². The highest BCUT2D eigenvalue weighted by Crippen LogP contribution is 2.56. The fraction of sp³-hybridized carbons (Fsp3) is 0.235. The number of nitro benzene ring substituents is 1. The molecule has 186 valence electrons. The third-order valence-electron chi connectivity index (χ3n) is 4.11. The minimum atomic E-state index is -6.35. The summed E-state index contributed by atoms with van der Waals surface area (Å²) in [6, 6.07) is 2.13. The number of nitrogens with one attached hydrogen (secondary N) is 1. The number of carbonyl (C=O) groups excluding carboxylic acids is 1. The highest BCUT2D eigenvalue weighted by molar-refractivity contribution is 9.10. The Labute approximate surface area is 195 Å². The molecule has 0 radical (unpaired) electrons. The number of halogens is 11. The van der Waals surface area contributed by atoms with Crippen LogP contribution >= 0.6 is 27.5 Å². The molecule has 1 N–H and O–H groups in total. The molecule has 0 aliphatic rings. The van der Waals surface area contributed by atoms with Gasteiger partial charge in [0.1, 0.15) is 0 Å². The molecule has 1 amide bonds. The Morgan fingerprint density at radius 3 is 2.21 bits per heavy atom. The lowest BCUT2D eigenvalue weighted by Crippen LogP contribution is -2.49. The molecular formula is C17H7BrClF9N2O4. The molecular weight excluding hydrogens is 583 g/mol. The van der Waals surface area contributed by atoms with E-state index in [4.69, 9.17) is 0 Å². The van der Waals surface area contributed by atoms with Crippen LogP contribution in [0.15, 0.2) is 34.8 Å². The van der Waals surface area contributed by atoms with Gasteiger partial charge in [0.25, 0.3) is 5.91 Å². The van der Waals surface area contributed by atoms with Crippen LogP contribution in [0.4, 0.5) is 50.9 Å². The van der Waals surface area contributed by atoms with Gasteiger partial charge in [0, 0.05) is 16.1 Å². The largest absolute Gasteiger partial charge is 0.434 e. The zero-order valence-corrected chi connectivity index (χ0v) is 18.0. The number of alkyl halides is 9. The minimum absolute atomic E-state index is 0.0432. The quantitative estimate of drug-likeness (QED) is 0.165. The monoisotopic (exact) mass is 588 g/mol. The Kier molecular flexibility index (Phi) is 7.67. The summed E-state index contributed by atoms with van der Waals surface area (Å²) in [5, 5.41) is 6.91. The maximum Gasteiger partial charge on any atom is 0.434 e. The van der Waals surface area contributed by atoms with Crippen molar-refractivity contribution in [3.8, 4) is 5.75 Å². The van der Waals surface area contributed by atoms with E-state index in [1.54, 1.807) is 5.32 Å². The van der Waals surface area contributed by atoms with Crippen LogP contribution in [0.25, 0.3) is 0 Å². The summed E-state index contributed by atoms with van der Waals surface area (Å²) in [6.45, 7) is -3.82. The molecule has 6 nitrogen and oxygen atoms in total. The van der Waals surface area contributed by atoms with E-state index in [0.717, 1.165) is 12.1 Å². The maximum absolute atomic E-state index is 14.6. The van der Waals surface area contributed by atoms with Gasteiger partial charge in [-0.15, -0.1) is 0 Å². The summed E-state index contributed by atoms with van der Waals surface area (Å²) < 4.78 is 124. The van der Waals surface area contributed by atoms with Gasteiger partial charge in [-0.25, -0.2) is 4.39 Å². The van der Waals surface area contributed by atoms with E-state index >= 15 is 0 Å². The van der Waals surface area contributed by atoms with Crippen molar-refractivity contribution in [2.75, 3.05) is 5.32 Å². The lowest BCUT2D eigenvalue weighted by atomic mass is 9.94. The van der Waals surface area contributed by atoms with Gasteiger partial charge in [-0.05, 0) is 45.7 Å². The third-order valence-corrected chi connectivity index (χ3v) is 4.99. The molecule has 1 unspecified atom stereocenters. The first-order chi connectivity index (χ1) is 15.4. The van der Waals surface area contributed by atoms with Gasteiger partial charge in [0.05, 0.1) is 16.2 Å². The number of nitrogens with zero attached hydrogens (tertiary/aromatic N) is 1. The van der Waals surface area contributed by atoms with Crippen LogP contribution in [-0.4, -0.2) is 29.0 Å². The summed E-state index contributed by atoms with van der Waals surface area (Å²) in [5.41, 5.74) is -10.7. The molecule has 0 spiro atoms. The molecule has 0 saturated carbocycles. The molecule has 0 aliphatic carbocycles. The van der Waals surface area contributed by atoms with Crippen molar-refractivity contribution in [2.24, 2.45) is 0 Å². The SMILES string of the molecule is O=C(Nc1c(Br)cc(C(F)(C(F)(F)F)C(F)(F)Cl)cc1OC(F)F)c1cccc([N+](=O)[O-])c1F. The number of anilines is 1. The van der Waals surface area contributed by atoms with Gasteiger partial charge in [-0.2, -0.15) is 35.1 Å². The van der Waals surface area contributed by atoms with E-state index in [-0.39, 0.29) is 12.1 Å². The van der Waals surface area contributed by atoms with E-state index in [9.17, 15) is 54.4 Å². The van der Waals surface area contributed by atoms with Gasteiger partial charge >= 0.3 is 29.5 Å². The molecule has 0 bridgehead atoms. The van der Waals surface area contributed by atoms with Crippen LogP contribution in [-0.2, 0) is 5.67 Å². The lowest BCUT2D eigenvalue weighted by Gasteiger charge is -2.32. The fourth-order valence-electron chi connectivity index (χ4n) is 2.60. The van der Waals surface area contributed by atoms with Crippen molar-refractivity contribution in [3.05, 3.63) is 61.9 Å². The number of hydrogen-bond acceptors (Lipinski definition) is 4. The van der Waals surface area contributed by atoms with E-state index in [2.05, 4.69) is 32.3 Å². The summed E-state index contributed by atoms with van der Waals surface area (Å²) in [6.07, 6.45) is -6.35. The predicted octanol–water partition coefficient (Wildman–Crippen LogP) is 6.91. The summed E-state index contributed by atoms with van der Waals surface area (Å²) in [7, 11) is 0. The van der Waals surface area contributed by atoms with Crippen LogP contribution in [0.2, 0.25) is 0 Å². The number of ether oxygens (including phenoxy) is 1. The number of carbonyl (C=O) groups is 1. The zero-order chi connectivity index (χ0) is 26.2. The molecule has 2 aromatic carbocycles. The number of hydrogen-bond donors (Lipinski definition) is 1. The fourth-order valence-corrected chi connectivity index (χ4v) is 3.35. The molecule has 2 rings (SSSR count). The second-order valence-corrected chi connectivity index (χ2v) is 7.54. The first-order valence-corrected chi connectivity index (χ1v) is 9.44. The molecule has 0 saturated heterocycles. The Bertz CT molecular complexity index is 1110. The van der Waals surface area contributed by atoms with Crippen molar-refractivity contribution in [3.63, 3.8) is 0 Å². The van der Waals surface area contributed by atoms with Crippen LogP contribution in [0.3, 0.4) is 0 Å². The highest BCUT2D eigenvalue weighted by atomic mass is 79.9. The van der Waals surface area contributed by atoms with Crippen LogP contribution in [0.1, 0.15) is 15.9 Å². The van der Waals surface area contributed by atoms with Gasteiger partial charge < -0.3 is 10.1 Å². The smallest absolute Gasteiger partial charge is 0.433 e. The Hall–Kier alpha value is -2.75. The molecule has 1 atom stereocenters. The standard InChI is InChI=1S/C17H7BrClF9N2O4/c18-8-4-6(15(23,16(19,24)25)17(26,27)28)5-10(34-14(21)22)12(8)29-13(31)7-2-1-3-9(11(7)20)30(32)33/h1-5,14H,(H,29,31). The van der Waals surface area contributed by atoms with Gasteiger partial charge in [0.2, 0.25) is 5.82 Å². The summed E-state index contributed by atoms with van der Waals surface area (Å²) in [5.74, 6) is -4.65. The maximum atomic E-state index is 14.6. The Balaban J connectivity index is 2.66. The molecule has 0 heterocycles. The van der Waals surface area contributed by atoms with Gasteiger partial charge in [-0.1, -0.05) is 6.07 Å². The summed E-state index contributed by atoms with van der Waals surface area (Å²) >= 11 is 6.84. The Morgan fingerprint density at radius 2 is 1.74 bits per heavy atom. The molecule has 0 aromatic heterocycles. The Morgan fingerprint density at radius 1 is 1.15 bits per heavy atom.